The summed E-state index contributed by atoms with van der Waals surface area (Å²) in [6, 6.07) is 9.66. The Morgan fingerprint density at radius 2 is 2.36 bits per heavy atom. The first-order valence-electron chi connectivity index (χ1n) is 6.96. The van der Waals surface area contributed by atoms with Crippen LogP contribution in [0.5, 0.6) is 0 Å². The minimum Gasteiger partial charge on any atom is -0.333 e. The Balaban J connectivity index is 1.83. The highest BCUT2D eigenvalue weighted by atomic mass is 32.2. The summed E-state index contributed by atoms with van der Waals surface area (Å²) >= 11 is 3.26. The molecule has 1 aliphatic rings. The number of hydrogen-bond acceptors (Lipinski definition) is 5. The SMILES string of the molecule is Cc1csc(-c2cccc(C(=O)NC3(C#N)CCSC3)c2)n1. The quantitative estimate of drug-likeness (QED) is 0.939. The van der Waals surface area contributed by atoms with E-state index in [2.05, 4.69) is 16.4 Å². The Bertz CT molecular complexity index is 742. The monoisotopic (exact) mass is 329 g/mol. The molecule has 0 aliphatic carbocycles. The topological polar surface area (TPSA) is 65.8 Å². The molecule has 1 N–H and O–H groups in total. The summed E-state index contributed by atoms with van der Waals surface area (Å²) < 4.78 is 0. The number of carbonyl (C=O) groups excluding carboxylic acids is 1. The van der Waals surface area contributed by atoms with Gasteiger partial charge in [-0.25, -0.2) is 4.98 Å². The van der Waals surface area contributed by atoms with Crippen LogP contribution in [0.4, 0.5) is 0 Å². The lowest BCUT2D eigenvalue weighted by atomic mass is 10.00. The maximum absolute atomic E-state index is 12.5. The lowest BCUT2D eigenvalue weighted by Gasteiger charge is -2.21. The van der Waals surface area contributed by atoms with Crippen LogP contribution in [0.3, 0.4) is 0 Å². The fourth-order valence-corrected chi connectivity index (χ4v) is 4.41. The molecule has 1 unspecified atom stereocenters. The van der Waals surface area contributed by atoms with Gasteiger partial charge in [-0.05, 0) is 31.2 Å². The van der Waals surface area contributed by atoms with Crippen molar-refractivity contribution < 1.29 is 4.79 Å². The van der Waals surface area contributed by atoms with Crippen molar-refractivity contribution >= 4 is 29.0 Å². The number of aryl methyl sites for hydroxylation is 1. The van der Waals surface area contributed by atoms with E-state index in [1.54, 1.807) is 29.2 Å². The molecule has 0 bridgehead atoms. The largest absolute Gasteiger partial charge is 0.333 e. The molecule has 1 amide bonds. The smallest absolute Gasteiger partial charge is 0.252 e. The van der Waals surface area contributed by atoms with Gasteiger partial charge in [0.2, 0.25) is 0 Å². The maximum atomic E-state index is 12.5. The molecule has 1 aliphatic heterocycles. The van der Waals surface area contributed by atoms with Crippen molar-refractivity contribution in [2.24, 2.45) is 0 Å². The summed E-state index contributed by atoms with van der Waals surface area (Å²) in [5, 5.41) is 15.2. The molecule has 1 aromatic heterocycles. The molecule has 4 nitrogen and oxygen atoms in total. The minimum atomic E-state index is -0.727. The summed E-state index contributed by atoms with van der Waals surface area (Å²) in [6.07, 6.45) is 0.700. The van der Waals surface area contributed by atoms with E-state index >= 15 is 0 Å². The van der Waals surface area contributed by atoms with Crippen LogP contribution >= 0.6 is 23.1 Å². The third-order valence-electron chi connectivity index (χ3n) is 3.58. The molecular formula is C16H15N3OS2. The van der Waals surface area contributed by atoms with Crippen LogP contribution in [0.2, 0.25) is 0 Å². The van der Waals surface area contributed by atoms with Gasteiger partial charge in [0, 0.05) is 28.0 Å². The number of thioether (sulfide) groups is 1. The van der Waals surface area contributed by atoms with Crippen LogP contribution in [0.15, 0.2) is 29.6 Å². The third-order valence-corrected chi connectivity index (χ3v) is 5.78. The van der Waals surface area contributed by atoms with Crippen molar-refractivity contribution in [1.29, 1.82) is 5.26 Å². The van der Waals surface area contributed by atoms with Crippen LogP contribution in [0.25, 0.3) is 10.6 Å². The highest BCUT2D eigenvalue weighted by Crippen LogP contribution is 2.28. The van der Waals surface area contributed by atoms with Gasteiger partial charge in [-0.15, -0.1) is 11.3 Å². The molecule has 3 rings (SSSR count). The standard InChI is InChI=1S/C16H15N3OS2/c1-11-8-22-15(18-11)13-4-2-3-12(7-13)14(20)19-16(9-17)5-6-21-10-16/h2-4,7-8H,5-6,10H2,1H3,(H,19,20). The van der Waals surface area contributed by atoms with Crippen molar-refractivity contribution in [3.05, 3.63) is 40.9 Å². The lowest BCUT2D eigenvalue weighted by molar-refractivity contribution is 0.0926. The maximum Gasteiger partial charge on any atom is 0.252 e. The normalized spacial score (nSPS) is 20.5. The van der Waals surface area contributed by atoms with E-state index in [9.17, 15) is 10.1 Å². The first-order valence-corrected chi connectivity index (χ1v) is 8.99. The molecular weight excluding hydrogens is 314 g/mol. The molecule has 2 heterocycles. The molecule has 6 heteroatoms. The second-order valence-electron chi connectivity index (χ2n) is 5.33. The molecule has 22 heavy (non-hydrogen) atoms. The van der Waals surface area contributed by atoms with Crippen molar-refractivity contribution in [2.75, 3.05) is 11.5 Å². The Hall–Kier alpha value is -1.84. The van der Waals surface area contributed by atoms with Gasteiger partial charge in [0.15, 0.2) is 0 Å². The van der Waals surface area contributed by atoms with Crippen LogP contribution in [0.1, 0.15) is 22.5 Å². The number of nitrogens with one attached hydrogen (secondary N) is 1. The van der Waals surface area contributed by atoms with E-state index in [1.165, 1.54) is 0 Å². The van der Waals surface area contributed by atoms with Crippen LogP contribution in [-0.4, -0.2) is 27.9 Å². The van der Waals surface area contributed by atoms with Crippen LogP contribution < -0.4 is 5.32 Å². The zero-order valence-corrected chi connectivity index (χ0v) is 13.8. The highest BCUT2D eigenvalue weighted by molar-refractivity contribution is 7.99. The molecule has 0 saturated carbocycles. The number of hydrogen-bond donors (Lipinski definition) is 1. The average Bonchev–Trinajstić information content (AvgIpc) is 3.17. The number of nitrogens with zero attached hydrogens (tertiary/aromatic N) is 2. The number of rotatable bonds is 3. The van der Waals surface area contributed by atoms with Crippen molar-refractivity contribution in [1.82, 2.24) is 10.3 Å². The molecule has 0 spiro atoms. The fraction of sp³-hybridized carbons (Fsp3) is 0.312. The molecule has 1 saturated heterocycles. The van der Waals surface area contributed by atoms with Gasteiger partial charge < -0.3 is 5.32 Å². The van der Waals surface area contributed by atoms with Gasteiger partial charge in [-0.3, -0.25) is 4.79 Å². The molecule has 1 aromatic carbocycles. The molecule has 0 radical (unpaired) electrons. The number of amides is 1. The van der Waals surface area contributed by atoms with Crippen molar-refractivity contribution in [3.63, 3.8) is 0 Å². The summed E-state index contributed by atoms with van der Waals surface area (Å²) in [6.45, 7) is 1.95. The highest BCUT2D eigenvalue weighted by Gasteiger charge is 2.36. The number of carbonyl (C=O) groups is 1. The van der Waals surface area contributed by atoms with Gasteiger partial charge in [0.05, 0.1) is 6.07 Å². The average molecular weight is 329 g/mol. The second kappa shape index (κ2) is 6.11. The summed E-state index contributed by atoms with van der Waals surface area (Å²) in [5.41, 5.74) is 1.74. The van der Waals surface area contributed by atoms with Gasteiger partial charge in [0.1, 0.15) is 10.5 Å². The van der Waals surface area contributed by atoms with Crippen LogP contribution in [0, 0.1) is 18.3 Å². The third kappa shape index (κ3) is 3.01. The van der Waals surface area contributed by atoms with Gasteiger partial charge in [-0.2, -0.15) is 17.0 Å². The molecule has 2 aromatic rings. The fourth-order valence-electron chi connectivity index (χ4n) is 2.35. The Morgan fingerprint density at radius 1 is 1.50 bits per heavy atom. The Labute approximate surface area is 137 Å². The minimum absolute atomic E-state index is 0.195. The van der Waals surface area contributed by atoms with E-state index in [0.717, 1.165) is 22.0 Å². The van der Waals surface area contributed by atoms with E-state index in [4.69, 9.17) is 0 Å². The summed E-state index contributed by atoms with van der Waals surface area (Å²) in [7, 11) is 0. The lowest BCUT2D eigenvalue weighted by Crippen LogP contribution is -2.47. The van der Waals surface area contributed by atoms with Crippen molar-refractivity contribution in [3.8, 4) is 16.6 Å². The van der Waals surface area contributed by atoms with E-state index < -0.39 is 5.54 Å². The van der Waals surface area contributed by atoms with E-state index in [-0.39, 0.29) is 5.91 Å². The van der Waals surface area contributed by atoms with Crippen molar-refractivity contribution in [2.45, 2.75) is 18.9 Å². The number of nitriles is 1. The molecule has 112 valence electrons. The number of thiazole rings is 1. The summed E-state index contributed by atoms with van der Waals surface area (Å²) in [4.78, 5) is 16.9. The van der Waals surface area contributed by atoms with E-state index in [0.29, 0.717) is 17.7 Å². The van der Waals surface area contributed by atoms with Gasteiger partial charge in [0.25, 0.3) is 5.91 Å². The van der Waals surface area contributed by atoms with E-state index in [1.807, 2.05) is 30.5 Å². The van der Waals surface area contributed by atoms with Gasteiger partial charge in [-0.1, -0.05) is 12.1 Å². The molecule has 1 fully saturated rings. The van der Waals surface area contributed by atoms with Gasteiger partial charge >= 0.3 is 0 Å². The second-order valence-corrected chi connectivity index (χ2v) is 7.29. The van der Waals surface area contributed by atoms with Crippen LogP contribution in [-0.2, 0) is 0 Å². The Morgan fingerprint density at radius 3 is 3.00 bits per heavy atom. The number of aromatic nitrogens is 1. The zero-order valence-electron chi connectivity index (χ0n) is 12.1. The number of benzene rings is 1. The predicted molar refractivity (Wildman–Crippen MR) is 90.0 cm³/mol. The first-order chi connectivity index (χ1) is 10.6. The first kappa shape index (κ1) is 15.1. The molecule has 1 atom stereocenters. The summed E-state index contributed by atoms with van der Waals surface area (Å²) in [5.74, 6) is 1.37. The predicted octanol–water partition coefficient (Wildman–Crippen LogP) is 3.25. The Kier molecular flexibility index (Phi) is 4.19. The zero-order chi connectivity index (χ0) is 15.6.